The lowest BCUT2D eigenvalue weighted by atomic mass is 10.1. The van der Waals surface area contributed by atoms with Gasteiger partial charge in [0.1, 0.15) is 18.1 Å². The Hall–Kier alpha value is -2.00. The summed E-state index contributed by atoms with van der Waals surface area (Å²) in [7, 11) is 3.48. The number of methoxy groups -OCH3 is 1. The summed E-state index contributed by atoms with van der Waals surface area (Å²) in [5, 5.41) is 3.39. The molecule has 0 spiro atoms. The van der Waals surface area contributed by atoms with Crippen molar-refractivity contribution in [2.45, 2.75) is 13.0 Å². The van der Waals surface area contributed by atoms with Crippen LogP contribution in [-0.2, 0) is 11.3 Å². The van der Waals surface area contributed by atoms with Crippen LogP contribution < -0.4 is 14.8 Å². The highest BCUT2D eigenvalue weighted by Gasteiger charge is 2.24. The highest BCUT2D eigenvalue weighted by atomic mass is 127. The lowest BCUT2D eigenvalue weighted by Crippen LogP contribution is -2.41. The molecule has 1 aliphatic rings. The van der Waals surface area contributed by atoms with E-state index in [-0.39, 0.29) is 24.0 Å². The van der Waals surface area contributed by atoms with Gasteiger partial charge in [0.05, 0.1) is 26.9 Å². The molecule has 1 saturated heterocycles. The summed E-state index contributed by atoms with van der Waals surface area (Å²) in [6, 6.07) is 17.9. The Labute approximate surface area is 196 Å². The summed E-state index contributed by atoms with van der Waals surface area (Å²) in [6.45, 7) is 4.66. The lowest BCUT2D eigenvalue weighted by molar-refractivity contribution is 0.0906. The topological polar surface area (TPSA) is 55.3 Å². The van der Waals surface area contributed by atoms with Crippen molar-refractivity contribution >= 4 is 29.9 Å². The lowest BCUT2D eigenvalue weighted by Gasteiger charge is -2.22. The Morgan fingerprint density at radius 2 is 1.93 bits per heavy atom. The normalized spacial score (nSPS) is 16.1. The molecule has 3 rings (SSSR count). The van der Waals surface area contributed by atoms with Crippen molar-refractivity contribution in [2.75, 3.05) is 47.0 Å². The Morgan fingerprint density at radius 1 is 1.13 bits per heavy atom. The fraction of sp³-hybridized carbons (Fsp3) is 0.435. The molecule has 6 nitrogen and oxygen atoms in total. The predicted octanol–water partition coefficient (Wildman–Crippen LogP) is 3.81. The summed E-state index contributed by atoms with van der Waals surface area (Å²) in [4.78, 5) is 6.71. The number of nitrogens with one attached hydrogen (secondary N) is 1. The minimum Gasteiger partial charge on any atom is -0.497 e. The number of aliphatic imine (C=N–C) groups is 1. The third-order valence-corrected chi connectivity index (χ3v) is 4.96. The highest BCUT2D eigenvalue weighted by Crippen LogP contribution is 2.19. The van der Waals surface area contributed by atoms with Crippen LogP contribution in [0, 0.1) is 5.92 Å². The molecule has 0 aliphatic carbocycles. The van der Waals surface area contributed by atoms with Gasteiger partial charge in [-0.05, 0) is 24.1 Å². The van der Waals surface area contributed by atoms with Crippen LogP contribution >= 0.6 is 24.0 Å². The fourth-order valence-electron chi connectivity index (χ4n) is 3.43. The number of likely N-dealkylation sites (tertiary alicyclic amines) is 1. The molecule has 1 aliphatic heterocycles. The molecule has 7 heteroatoms. The van der Waals surface area contributed by atoms with Gasteiger partial charge in [-0.2, -0.15) is 0 Å². The van der Waals surface area contributed by atoms with E-state index in [9.17, 15) is 0 Å². The molecule has 1 unspecified atom stereocenters. The molecule has 2 aromatic rings. The van der Waals surface area contributed by atoms with Gasteiger partial charge >= 0.3 is 0 Å². The Bertz CT molecular complexity index is 773. The zero-order valence-electron chi connectivity index (χ0n) is 17.8. The monoisotopic (exact) mass is 525 g/mol. The number of ether oxygens (including phenoxy) is 3. The maximum absolute atomic E-state index is 5.91. The quantitative estimate of drug-likeness (QED) is 0.234. The van der Waals surface area contributed by atoms with Crippen molar-refractivity contribution in [1.82, 2.24) is 10.2 Å². The molecule has 1 atom stereocenters. The number of halogens is 1. The van der Waals surface area contributed by atoms with Crippen molar-refractivity contribution in [3.63, 3.8) is 0 Å². The fourth-order valence-corrected chi connectivity index (χ4v) is 3.43. The van der Waals surface area contributed by atoms with Gasteiger partial charge in [0.15, 0.2) is 5.96 Å². The average Bonchev–Trinajstić information content (AvgIpc) is 3.23. The zero-order valence-corrected chi connectivity index (χ0v) is 20.1. The van der Waals surface area contributed by atoms with Crippen LogP contribution in [0.3, 0.4) is 0 Å². The summed E-state index contributed by atoms with van der Waals surface area (Å²) in [5.74, 6) is 3.05. The van der Waals surface area contributed by atoms with Crippen LogP contribution in [0.1, 0.15) is 12.0 Å². The maximum Gasteiger partial charge on any atom is 0.193 e. The van der Waals surface area contributed by atoms with Crippen LogP contribution in [0.15, 0.2) is 59.6 Å². The standard InChI is InChI=1S/C23H31N3O3.HI/c1-24-23(25-12-14-29-22-10-6-9-21(15-22)27-2)26-13-11-20(16-26)18-28-17-19-7-4-3-5-8-19;/h3-10,15,20H,11-14,16-18H2,1-2H3,(H,24,25);1H. The van der Waals surface area contributed by atoms with Crippen LogP contribution in [0.5, 0.6) is 11.5 Å². The number of benzene rings is 2. The molecule has 0 bridgehead atoms. The molecule has 1 heterocycles. The van der Waals surface area contributed by atoms with Crippen molar-refractivity contribution in [3.8, 4) is 11.5 Å². The summed E-state index contributed by atoms with van der Waals surface area (Å²) < 4.78 is 16.9. The summed E-state index contributed by atoms with van der Waals surface area (Å²) in [6.07, 6.45) is 1.12. The van der Waals surface area contributed by atoms with E-state index in [1.165, 1.54) is 5.56 Å². The van der Waals surface area contributed by atoms with E-state index in [2.05, 4.69) is 27.3 Å². The third kappa shape index (κ3) is 7.68. The number of hydrogen-bond donors (Lipinski definition) is 1. The second-order valence-electron chi connectivity index (χ2n) is 7.10. The molecular formula is C23H32IN3O3. The van der Waals surface area contributed by atoms with Gasteiger partial charge in [-0.3, -0.25) is 4.99 Å². The molecular weight excluding hydrogens is 493 g/mol. The highest BCUT2D eigenvalue weighted by molar-refractivity contribution is 14.0. The maximum atomic E-state index is 5.91. The predicted molar refractivity (Wildman–Crippen MR) is 131 cm³/mol. The molecule has 30 heavy (non-hydrogen) atoms. The minimum absolute atomic E-state index is 0. The summed E-state index contributed by atoms with van der Waals surface area (Å²) in [5.41, 5.74) is 1.22. The van der Waals surface area contributed by atoms with Gasteiger partial charge in [0.25, 0.3) is 0 Å². The number of rotatable bonds is 9. The molecule has 0 aromatic heterocycles. The molecule has 0 saturated carbocycles. The first-order chi connectivity index (χ1) is 14.3. The summed E-state index contributed by atoms with van der Waals surface area (Å²) >= 11 is 0. The van der Waals surface area contributed by atoms with Crippen LogP contribution in [-0.4, -0.2) is 57.9 Å². The van der Waals surface area contributed by atoms with Crippen molar-refractivity contribution < 1.29 is 14.2 Å². The minimum atomic E-state index is 0. The second kappa shape index (κ2) is 13.3. The average molecular weight is 525 g/mol. The van der Waals surface area contributed by atoms with Crippen molar-refractivity contribution in [1.29, 1.82) is 0 Å². The Balaban J connectivity index is 0.00000320. The smallest absolute Gasteiger partial charge is 0.193 e. The molecule has 164 valence electrons. The molecule has 2 aromatic carbocycles. The second-order valence-corrected chi connectivity index (χ2v) is 7.10. The van der Waals surface area contributed by atoms with Crippen LogP contribution in [0.2, 0.25) is 0 Å². The SMILES string of the molecule is CN=C(NCCOc1cccc(OC)c1)N1CCC(COCc2ccccc2)C1.I. The largest absolute Gasteiger partial charge is 0.497 e. The van der Waals surface area contributed by atoms with Gasteiger partial charge in [-0.25, -0.2) is 0 Å². The van der Waals surface area contributed by atoms with Gasteiger partial charge in [-0.15, -0.1) is 24.0 Å². The molecule has 0 radical (unpaired) electrons. The first kappa shape index (κ1) is 24.3. The van der Waals surface area contributed by atoms with E-state index in [1.807, 2.05) is 49.5 Å². The van der Waals surface area contributed by atoms with E-state index in [1.54, 1.807) is 7.11 Å². The molecule has 1 fully saturated rings. The van der Waals surface area contributed by atoms with E-state index in [0.29, 0.717) is 25.7 Å². The van der Waals surface area contributed by atoms with Gasteiger partial charge < -0.3 is 24.4 Å². The molecule has 0 amide bonds. The Kier molecular flexibility index (Phi) is 10.8. The van der Waals surface area contributed by atoms with Crippen molar-refractivity contribution in [3.05, 3.63) is 60.2 Å². The molecule has 1 N–H and O–H groups in total. The first-order valence-corrected chi connectivity index (χ1v) is 10.1. The number of nitrogens with zero attached hydrogens (tertiary/aromatic N) is 2. The van der Waals surface area contributed by atoms with Gasteiger partial charge in [-0.1, -0.05) is 36.4 Å². The van der Waals surface area contributed by atoms with Gasteiger partial charge in [0.2, 0.25) is 0 Å². The van der Waals surface area contributed by atoms with E-state index in [0.717, 1.165) is 43.6 Å². The van der Waals surface area contributed by atoms with Gasteiger partial charge in [0, 0.05) is 32.1 Å². The van der Waals surface area contributed by atoms with E-state index >= 15 is 0 Å². The third-order valence-electron chi connectivity index (χ3n) is 4.96. The number of guanidine groups is 1. The van der Waals surface area contributed by atoms with Crippen molar-refractivity contribution in [2.24, 2.45) is 10.9 Å². The van der Waals surface area contributed by atoms with Crippen LogP contribution in [0.4, 0.5) is 0 Å². The Morgan fingerprint density at radius 3 is 2.70 bits per heavy atom. The van der Waals surface area contributed by atoms with Crippen LogP contribution in [0.25, 0.3) is 0 Å². The first-order valence-electron chi connectivity index (χ1n) is 10.1. The van der Waals surface area contributed by atoms with E-state index in [4.69, 9.17) is 14.2 Å². The zero-order chi connectivity index (χ0) is 20.3. The number of hydrogen-bond acceptors (Lipinski definition) is 4. The van der Waals surface area contributed by atoms with E-state index < -0.39 is 0 Å².